The smallest absolute Gasteiger partial charge is 0.321 e. The second kappa shape index (κ2) is 11.2. The molecular weight excluding hydrogens is 502 g/mol. The number of ether oxygens (including phenoxy) is 3. The fourth-order valence-corrected chi connectivity index (χ4v) is 4.57. The maximum atomic E-state index is 13.6. The van der Waals surface area contributed by atoms with Gasteiger partial charge >= 0.3 is 6.03 Å². The maximum absolute atomic E-state index is 13.6. The van der Waals surface area contributed by atoms with E-state index in [1.54, 1.807) is 61.7 Å². The molecular formula is C28H31N5O6. The van der Waals surface area contributed by atoms with Crippen LogP contribution in [0.2, 0.25) is 0 Å². The number of urea groups is 1. The maximum Gasteiger partial charge on any atom is 0.321 e. The van der Waals surface area contributed by atoms with Gasteiger partial charge in [-0.15, -0.1) is 0 Å². The number of hydrogen-bond acceptors (Lipinski definition) is 8. The number of nitrogens with one attached hydrogen (secondary N) is 1. The molecule has 11 nitrogen and oxygen atoms in total. The van der Waals surface area contributed by atoms with Crippen molar-refractivity contribution in [3.05, 3.63) is 60.6 Å². The molecule has 2 aromatic heterocycles. The van der Waals surface area contributed by atoms with Crippen molar-refractivity contribution in [3.8, 4) is 28.5 Å². The number of likely N-dealkylation sites (N-methyl/N-ethyl adjacent to an activating group) is 1. The van der Waals surface area contributed by atoms with E-state index < -0.39 is 12.1 Å². The van der Waals surface area contributed by atoms with E-state index in [1.165, 1.54) is 4.90 Å². The molecule has 39 heavy (non-hydrogen) atoms. The first kappa shape index (κ1) is 26.2. The number of pyridine rings is 2. The molecule has 4 heterocycles. The van der Waals surface area contributed by atoms with E-state index in [0.717, 1.165) is 11.1 Å². The minimum Gasteiger partial charge on any atom is -0.472 e. The molecule has 2 aliphatic heterocycles. The lowest BCUT2D eigenvalue weighted by Gasteiger charge is -2.37. The molecule has 3 aromatic rings. The van der Waals surface area contributed by atoms with Crippen molar-refractivity contribution < 1.29 is 28.9 Å². The number of benzene rings is 1. The molecule has 1 aromatic carbocycles. The fraction of sp³-hybridized carbons (Fsp3) is 0.357. The number of hydrogen-bond donors (Lipinski definition) is 2. The molecule has 204 valence electrons. The highest BCUT2D eigenvalue weighted by Gasteiger charge is 2.35. The third-order valence-electron chi connectivity index (χ3n) is 6.96. The van der Waals surface area contributed by atoms with Crippen LogP contribution in [0.4, 0.5) is 10.5 Å². The minimum atomic E-state index is -0.475. The van der Waals surface area contributed by atoms with Gasteiger partial charge in [-0.3, -0.25) is 9.78 Å². The number of nitrogens with zero attached hydrogens (tertiary/aromatic N) is 4. The van der Waals surface area contributed by atoms with E-state index >= 15 is 0 Å². The van der Waals surface area contributed by atoms with E-state index in [2.05, 4.69) is 15.3 Å². The van der Waals surface area contributed by atoms with Gasteiger partial charge in [-0.05, 0) is 42.8 Å². The van der Waals surface area contributed by atoms with Crippen LogP contribution in [0.15, 0.2) is 55.0 Å². The van der Waals surface area contributed by atoms with Crippen molar-refractivity contribution in [2.45, 2.75) is 26.0 Å². The van der Waals surface area contributed by atoms with Gasteiger partial charge in [0.05, 0.1) is 19.2 Å². The lowest BCUT2D eigenvalue weighted by atomic mass is 9.99. The monoisotopic (exact) mass is 533 g/mol. The van der Waals surface area contributed by atoms with Crippen LogP contribution in [0.5, 0.6) is 17.4 Å². The van der Waals surface area contributed by atoms with Crippen molar-refractivity contribution in [2.75, 3.05) is 38.9 Å². The molecule has 0 radical (unpaired) electrons. The summed E-state index contributed by atoms with van der Waals surface area (Å²) in [5.41, 5.74) is 2.48. The summed E-state index contributed by atoms with van der Waals surface area (Å²) in [7, 11) is 1.68. The van der Waals surface area contributed by atoms with Gasteiger partial charge in [-0.2, -0.15) is 0 Å². The zero-order valence-corrected chi connectivity index (χ0v) is 22.0. The number of anilines is 1. The Balaban J connectivity index is 1.38. The Morgan fingerprint density at radius 2 is 1.95 bits per heavy atom. The Morgan fingerprint density at radius 1 is 1.18 bits per heavy atom. The van der Waals surface area contributed by atoms with Crippen LogP contribution in [0, 0.1) is 5.92 Å². The Kier molecular flexibility index (Phi) is 7.51. The van der Waals surface area contributed by atoms with Crippen molar-refractivity contribution in [1.29, 1.82) is 0 Å². The Labute approximate surface area is 226 Å². The Hall–Kier alpha value is -4.38. The molecule has 11 heteroatoms. The van der Waals surface area contributed by atoms with Gasteiger partial charge in [0.1, 0.15) is 11.7 Å². The van der Waals surface area contributed by atoms with E-state index in [-0.39, 0.29) is 43.7 Å². The largest absolute Gasteiger partial charge is 0.472 e. The predicted molar refractivity (Wildman–Crippen MR) is 143 cm³/mol. The number of amides is 3. The number of carbonyl (C=O) groups excluding carboxylic acids is 2. The molecule has 0 fully saturated rings. The van der Waals surface area contributed by atoms with Crippen LogP contribution in [0.25, 0.3) is 11.1 Å². The third-order valence-corrected chi connectivity index (χ3v) is 6.96. The highest BCUT2D eigenvalue weighted by molar-refractivity contribution is 5.98. The minimum absolute atomic E-state index is 0.150. The van der Waals surface area contributed by atoms with Crippen LogP contribution in [-0.2, 0) is 0 Å². The van der Waals surface area contributed by atoms with E-state index in [9.17, 15) is 14.7 Å². The first-order chi connectivity index (χ1) is 18.8. The van der Waals surface area contributed by atoms with Crippen LogP contribution < -0.4 is 19.5 Å². The average Bonchev–Trinajstić information content (AvgIpc) is 3.42. The summed E-state index contributed by atoms with van der Waals surface area (Å²) in [5.74, 6) is 0.957. The fourth-order valence-electron chi connectivity index (χ4n) is 4.57. The number of aliphatic hydroxyl groups is 1. The second-order valence-corrected chi connectivity index (χ2v) is 9.81. The molecule has 0 saturated heterocycles. The van der Waals surface area contributed by atoms with Crippen LogP contribution in [0.3, 0.4) is 0 Å². The molecule has 3 atom stereocenters. The lowest BCUT2D eigenvalue weighted by Crippen LogP contribution is -2.50. The summed E-state index contributed by atoms with van der Waals surface area (Å²) in [6.45, 7) is 4.29. The van der Waals surface area contributed by atoms with Gasteiger partial charge in [-0.1, -0.05) is 6.92 Å². The van der Waals surface area contributed by atoms with Crippen LogP contribution in [-0.4, -0.2) is 82.5 Å². The summed E-state index contributed by atoms with van der Waals surface area (Å²) < 4.78 is 17.0. The normalized spacial score (nSPS) is 18.9. The summed E-state index contributed by atoms with van der Waals surface area (Å²) in [5, 5.41) is 12.8. The SMILES string of the molecule is C[C@@H]1CN([C@@H](C)CO)C(=O)c2cc(-c3ccncc3)cnc2O[C@H]1CN(C)C(=O)Nc1ccc2c(c1)OCO2. The first-order valence-corrected chi connectivity index (χ1v) is 12.7. The highest BCUT2D eigenvalue weighted by atomic mass is 16.7. The summed E-state index contributed by atoms with van der Waals surface area (Å²) in [6.07, 6.45) is 4.53. The summed E-state index contributed by atoms with van der Waals surface area (Å²) in [6, 6.07) is 9.88. The van der Waals surface area contributed by atoms with Crippen molar-refractivity contribution in [1.82, 2.24) is 19.8 Å². The number of carbonyl (C=O) groups is 2. The molecule has 0 spiro atoms. The zero-order valence-electron chi connectivity index (χ0n) is 22.0. The quantitative estimate of drug-likeness (QED) is 0.495. The van der Waals surface area contributed by atoms with Gasteiger partial charge in [0.25, 0.3) is 5.91 Å². The topological polar surface area (TPSA) is 126 Å². The number of rotatable bonds is 6. The van der Waals surface area contributed by atoms with Crippen molar-refractivity contribution in [3.63, 3.8) is 0 Å². The Morgan fingerprint density at radius 3 is 2.72 bits per heavy atom. The van der Waals surface area contributed by atoms with Gasteiger partial charge in [0, 0.05) is 55.4 Å². The van der Waals surface area contributed by atoms with Crippen LogP contribution in [0.1, 0.15) is 24.2 Å². The third kappa shape index (κ3) is 5.58. The Bertz CT molecular complexity index is 1350. The van der Waals surface area contributed by atoms with E-state index in [0.29, 0.717) is 29.3 Å². The number of aromatic nitrogens is 2. The van der Waals surface area contributed by atoms with Crippen LogP contribution >= 0.6 is 0 Å². The molecule has 2 N–H and O–H groups in total. The lowest BCUT2D eigenvalue weighted by molar-refractivity contribution is 0.0356. The van der Waals surface area contributed by atoms with Gasteiger partial charge in [0.15, 0.2) is 11.5 Å². The molecule has 3 amide bonds. The standard InChI is InChI=1S/C28H31N5O6/c1-17-13-33(18(2)15-34)27(35)22-10-20(19-6-8-29-9-7-19)12-30-26(22)39-25(17)14-32(3)28(36)31-21-4-5-23-24(11-21)38-16-37-23/h4-12,17-18,25,34H,13-16H2,1-3H3,(H,31,36)/t17-,18+,25+/m1/s1. The number of fused-ring (bicyclic) bond motifs is 2. The molecule has 5 rings (SSSR count). The highest BCUT2D eigenvalue weighted by Crippen LogP contribution is 2.34. The number of aliphatic hydroxyl groups excluding tert-OH is 1. The molecule has 0 unspecified atom stereocenters. The van der Waals surface area contributed by atoms with E-state index in [4.69, 9.17) is 14.2 Å². The van der Waals surface area contributed by atoms with Gasteiger partial charge in [-0.25, -0.2) is 9.78 Å². The van der Waals surface area contributed by atoms with E-state index in [1.807, 2.05) is 19.1 Å². The summed E-state index contributed by atoms with van der Waals surface area (Å²) >= 11 is 0. The summed E-state index contributed by atoms with van der Waals surface area (Å²) in [4.78, 5) is 38.4. The second-order valence-electron chi connectivity index (χ2n) is 9.81. The van der Waals surface area contributed by atoms with Gasteiger partial charge in [0.2, 0.25) is 12.7 Å². The molecule has 0 bridgehead atoms. The molecule has 0 saturated carbocycles. The molecule has 2 aliphatic rings. The van der Waals surface area contributed by atoms with Gasteiger partial charge < -0.3 is 34.4 Å². The van der Waals surface area contributed by atoms with Crippen molar-refractivity contribution >= 4 is 17.6 Å². The predicted octanol–water partition coefficient (Wildman–Crippen LogP) is 3.26. The molecule has 0 aliphatic carbocycles. The zero-order chi connectivity index (χ0) is 27.5. The van der Waals surface area contributed by atoms with Crippen molar-refractivity contribution in [2.24, 2.45) is 5.92 Å². The average molecular weight is 534 g/mol. The first-order valence-electron chi connectivity index (χ1n) is 12.7.